The van der Waals surface area contributed by atoms with E-state index in [1.54, 1.807) is 12.0 Å². The lowest BCUT2D eigenvalue weighted by Crippen LogP contribution is -2.50. The van der Waals surface area contributed by atoms with Gasteiger partial charge < -0.3 is 19.7 Å². The zero-order valence-corrected chi connectivity index (χ0v) is 20.1. The molecular weight excluding hydrogens is 404 g/mol. The fraction of sp³-hybridized carbons (Fsp3) is 0.462. The first-order valence-electron chi connectivity index (χ1n) is 11.1. The number of likely N-dealkylation sites (N-methyl/N-ethyl adjacent to an activating group) is 1. The van der Waals surface area contributed by atoms with Gasteiger partial charge in [0.1, 0.15) is 17.5 Å². The summed E-state index contributed by atoms with van der Waals surface area (Å²) in [6, 6.07) is 14.7. The molecule has 6 heteroatoms. The van der Waals surface area contributed by atoms with Crippen LogP contribution in [0, 0.1) is 0 Å². The molecular formula is C26H36N2O4. The highest BCUT2D eigenvalue weighted by molar-refractivity contribution is 5.88. The molecule has 0 aliphatic rings. The Hall–Kier alpha value is -3.02. The minimum Gasteiger partial charge on any atom is -0.497 e. The molecule has 1 atom stereocenters. The number of rotatable bonds is 10. The fourth-order valence-corrected chi connectivity index (χ4v) is 3.42. The minimum atomic E-state index is -0.573. The van der Waals surface area contributed by atoms with Crippen LogP contribution in [0.1, 0.15) is 52.2 Å². The first-order valence-corrected chi connectivity index (χ1v) is 11.1. The average molecular weight is 441 g/mol. The number of hydrogen-bond donors (Lipinski definition) is 1. The number of hydrogen-bond acceptors (Lipinski definition) is 4. The number of methoxy groups -OCH3 is 1. The van der Waals surface area contributed by atoms with Crippen LogP contribution in [0.5, 0.6) is 11.5 Å². The molecule has 0 fully saturated rings. The van der Waals surface area contributed by atoms with Crippen LogP contribution in [0.2, 0.25) is 0 Å². The van der Waals surface area contributed by atoms with Crippen molar-refractivity contribution in [2.75, 3.05) is 20.3 Å². The molecule has 0 unspecified atom stereocenters. The molecule has 0 saturated carbocycles. The predicted molar refractivity (Wildman–Crippen MR) is 127 cm³/mol. The third-order valence-electron chi connectivity index (χ3n) is 5.33. The first-order chi connectivity index (χ1) is 15.2. The second-order valence-electron chi connectivity index (χ2n) is 8.75. The maximum absolute atomic E-state index is 13.2. The summed E-state index contributed by atoms with van der Waals surface area (Å²) < 4.78 is 11.0. The summed E-state index contributed by atoms with van der Waals surface area (Å²) in [5, 5.41) is 2.84. The Kier molecular flexibility index (Phi) is 9.12. The summed E-state index contributed by atoms with van der Waals surface area (Å²) in [7, 11) is 1.61. The Morgan fingerprint density at radius 1 is 0.969 bits per heavy atom. The SMILES string of the molecule is CCNC(=O)[C@H](CC)N(Cc1ccc(OC)cc1)C(=O)COc1ccc(C(C)(C)C)cc1. The van der Waals surface area contributed by atoms with Gasteiger partial charge in [0.15, 0.2) is 6.61 Å². The zero-order chi connectivity index (χ0) is 23.7. The van der Waals surface area contributed by atoms with Crippen molar-refractivity contribution in [3.8, 4) is 11.5 Å². The number of carbonyl (C=O) groups excluding carboxylic acids is 2. The van der Waals surface area contributed by atoms with Crippen molar-refractivity contribution in [2.45, 2.75) is 59.0 Å². The van der Waals surface area contributed by atoms with E-state index in [4.69, 9.17) is 9.47 Å². The summed E-state index contributed by atoms with van der Waals surface area (Å²) in [5.74, 6) is 0.969. The van der Waals surface area contributed by atoms with Crippen molar-refractivity contribution in [3.05, 3.63) is 59.7 Å². The van der Waals surface area contributed by atoms with Crippen LogP contribution in [0.15, 0.2) is 48.5 Å². The van der Waals surface area contributed by atoms with Crippen LogP contribution in [0.4, 0.5) is 0 Å². The molecule has 6 nitrogen and oxygen atoms in total. The van der Waals surface area contributed by atoms with Crippen molar-refractivity contribution >= 4 is 11.8 Å². The van der Waals surface area contributed by atoms with E-state index in [9.17, 15) is 9.59 Å². The first kappa shape index (κ1) is 25.2. The number of nitrogens with zero attached hydrogens (tertiary/aromatic N) is 1. The van der Waals surface area contributed by atoms with E-state index in [0.29, 0.717) is 25.3 Å². The maximum Gasteiger partial charge on any atom is 0.261 e. The van der Waals surface area contributed by atoms with Crippen molar-refractivity contribution < 1.29 is 19.1 Å². The number of ether oxygens (including phenoxy) is 2. The van der Waals surface area contributed by atoms with Gasteiger partial charge in [0.2, 0.25) is 5.91 Å². The van der Waals surface area contributed by atoms with Gasteiger partial charge in [0.25, 0.3) is 5.91 Å². The van der Waals surface area contributed by atoms with Gasteiger partial charge in [-0.05, 0) is 54.2 Å². The number of carbonyl (C=O) groups is 2. The number of benzene rings is 2. The van der Waals surface area contributed by atoms with Crippen LogP contribution < -0.4 is 14.8 Å². The Labute approximate surface area is 191 Å². The van der Waals surface area contributed by atoms with Crippen molar-refractivity contribution in [1.29, 1.82) is 0 Å². The van der Waals surface area contributed by atoms with E-state index in [0.717, 1.165) is 11.3 Å². The summed E-state index contributed by atoms with van der Waals surface area (Å²) in [5.41, 5.74) is 2.15. The van der Waals surface area contributed by atoms with E-state index in [1.165, 1.54) is 5.56 Å². The Morgan fingerprint density at radius 3 is 2.06 bits per heavy atom. The highest BCUT2D eigenvalue weighted by atomic mass is 16.5. The molecule has 0 spiro atoms. The van der Waals surface area contributed by atoms with E-state index in [2.05, 4.69) is 26.1 Å². The monoisotopic (exact) mass is 440 g/mol. The summed E-state index contributed by atoms with van der Waals surface area (Å²) >= 11 is 0. The van der Waals surface area contributed by atoms with Crippen molar-refractivity contribution in [3.63, 3.8) is 0 Å². The molecule has 0 aliphatic carbocycles. The molecule has 1 N–H and O–H groups in total. The standard InChI is InChI=1S/C26H36N2O4/c1-7-23(25(30)27-8-2)28(17-19-9-13-21(31-6)14-10-19)24(29)18-32-22-15-11-20(12-16-22)26(3,4)5/h9-16,23H,7-8,17-18H2,1-6H3,(H,27,30)/t23-/m0/s1. The third kappa shape index (κ3) is 7.01. The van der Waals surface area contributed by atoms with Gasteiger partial charge in [0.05, 0.1) is 7.11 Å². The quantitative estimate of drug-likeness (QED) is 0.598. The second kappa shape index (κ2) is 11.6. The van der Waals surface area contributed by atoms with Crippen molar-refractivity contribution in [1.82, 2.24) is 10.2 Å². The molecule has 174 valence electrons. The van der Waals surface area contributed by atoms with Gasteiger partial charge in [-0.1, -0.05) is 52.0 Å². The topological polar surface area (TPSA) is 67.9 Å². The van der Waals surface area contributed by atoms with E-state index < -0.39 is 6.04 Å². The molecule has 2 rings (SSSR count). The second-order valence-corrected chi connectivity index (χ2v) is 8.75. The van der Waals surface area contributed by atoms with E-state index >= 15 is 0 Å². The fourth-order valence-electron chi connectivity index (χ4n) is 3.42. The molecule has 0 aliphatic heterocycles. The zero-order valence-electron chi connectivity index (χ0n) is 20.1. The van der Waals surface area contributed by atoms with Crippen LogP contribution in [0.3, 0.4) is 0 Å². The molecule has 32 heavy (non-hydrogen) atoms. The third-order valence-corrected chi connectivity index (χ3v) is 5.33. The predicted octanol–water partition coefficient (Wildman–Crippen LogP) is 4.32. The normalized spacial score (nSPS) is 12.1. The van der Waals surface area contributed by atoms with Gasteiger partial charge in [-0.25, -0.2) is 0 Å². The number of nitrogens with one attached hydrogen (secondary N) is 1. The van der Waals surface area contributed by atoms with Crippen molar-refractivity contribution in [2.24, 2.45) is 0 Å². The molecule has 0 bridgehead atoms. The Morgan fingerprint density at radius 2 is 1.56 bits per heavy atom. The molecule has 0 aromatic heterocycles. The number of amides is 2. The van der Waals surface area contributed by atoms with Gasteiger partial charge in [-0.15, -0.1) is 0 Å². The van der Waals surface area contributed by atoms with Crippen LogP contribution >= 0.6 is 0 Å². The molecule has 2 aromatic rings. The highest BCUT2D eigenvalue weighted by Gasteiger charge is 2.28. The largest absolute Gasteiger partial charge is 0.497 e. The van der Waals surface area contributed by atoms with Crippen LogP contribution in [0.25, 0.3) is 0 Å². The van der Waals surface area contributed by atoms with E-state index in [-0.39, 0.29) is 23.8 Å². The highest BCUT2D eigenvalue weighted by Crippen LogP contribution is 2.24. The van der Waals surface area contributed by atoms with Crippen LogP contribution in [-0.4, -0.2) is 43.0 Å². The average Bonchev–Trinajstić information content (AvgIpc) is 2.77. The maximum atomic E-state index is 13.2. The Bertz CT molecular complexity index is 870. The summed E-state index contributed by atoms with van der Waals surface area (Å²) in [4.78, 5) is 27.4. The summed E-state index contributed by atoms with van der Waals surface area (Å²) in [6.45, 7) is 10.9. The van der Waals surface area contributed by atoms with E-state index in [1.807, 2.05) is 62.4 Å². The molecule has 2 amide bonds. The minimum absolute atomic E-state index is 0.0461. The lowest BCUT2D eigenvalue weighted by molar-refractivity contribution is -0.142. The molecule has 2 aromatic carbocycles. The lowest BCUT2D eigenvalue weighted by Gasteiger charge is -2.30. The smallest absolute Gasteiger partial charge is 0.261 e. The molecule has 0 radical (unpaired) electrons. The van der Waals surface area contributed by atoms with Gasteiger partial charge >= 0.3 is 0 Å². The van der Waals surface area contributed by atoms with Crippen LogP contribution in [-0.2, 0) is 21.5 Å². The molecule has 0 heterocycles. The lowest BCUT2D eigenvalue weighted by atomic mass is 9.87. The van der Waals surface area contributed by atoms with Gasteiger partial charge in [-0.3, -0.25) is 9.59 Å². The Balaban J connectivity index is 2.17. The summed E-state index contributed by atoms with van der Waals surface area (Å²) in [6.07, 6.45) is 0.508. The van der Waals surface area contributed by atoms with Gasteiger partial charge in [-0.2, -0.15) is 0 Å². The van der Waals surface area contributed by atoms with Gasteiger partial charge in [0, 0.05) is 13.1 Å². The molecule has 0 saturated heterocycles.